The fourth-order valence-corrected chi connectivity index (χ4v) is 3.32. The summed E-state index contributed by atoms with van der Waals surface area (Å²) in [4.78, 5) is 11.1. The fraction of sp³-hybridized carbons (Fsp3) is 0.333. The zero-order valence-electron chi connectivity index (χ0n) is 19.7. The van der Waals surface area contributed by atoms with E-state index in [4.69, 9.17) is 28.4 Å². The van der Waals surface area contributed by atoms with E-state index in [1.807, 2.05) is 41.3 Å². The van der Waals surface area contributed by atoms with Crippen LogP contribution in [0.4, 0.5) is 5.95 Å². The van der Waals surface area contributed by atoms with E-state index in [2.05, 4.69) is 9.97 Å². The summed E-state index contributed by atoms with van der Waals surface area (Å²) in [7, 11) is 9.59. The zero-order chi connectivity index (χ0) is 23.8. The van der Waals surface area contributed by atoms with Gasteiger partial charge < -0.3 is 33.3 Å². The van der Waals surface area contributed by atoms with Crippen molar-refractivity contribution >= 4 is 5.95 Å². The number of nitrogens with zero attached hydrogens (tertiary/aromatic N) is 3. The second-order valence-electron chi connectivity index (χ2n) is 6.96. The van der Waals surface area contributed by atoms with Crippen molar-refractivity contribution in [3.05, 3.63) is 53.6 Å². The highest BCUT2D eigenvalue weighted by molar-refractivity contribution is 5.47. The molecule has 0 saturated carbocycles. The maximum absolute atomic E-state index is 5.60. The lowest BCUT2D eigenvalue weighted by Gasteiger charge is -2.25. The van der Waals surface area contributed by atoms with Crippen LogP contribution in [0.2, 0.25) is 0 Å². The molecule has 9 nitrogen and oxygen atoms in total. The quantitative estimate of drug-likeness (QED) is 0.429. The topological polar surface area (TPSA) is 84.4 Å². The Labute approximate surface area is 193 Å². The smallest absolute Gasteiger partial charge is 0.232 e. The molecule has 9 heteroatoms. The number of aromatic nitrogens is 2. The first-order valence-corrected chi connectivity index (χ1v) is 10.2. The molecule has 0 aliphatic heterocycles. The fourth-order valence-electron chi connectivity index (χ4n) is 3.32. The predicted molar refractivity (Wildman–Crippen MR) is 124 cm³/mol. The van der Waals surface area contributed by atoms with Crippen molar-refractivity contribution in [1.82, 2.24) is 9.97 Å². The molecule has 3 rings (SSSR count). The van der Waals surface area contributed by atoms with Gasteiger partial charge in [0.1, 0.15) is 23.0 Å². The van der Waals surface area contributed by atoms with Gasteiger partial charge in [0, 0.05) is 36.3 Å². The van der Waals surface area contributed by atoms with Gasteiger partial charge in [-0.2, -0.15) is 9.97 Å². The molecule has 1 heterocycles. The third-order valence-electron chi connectivity index (χ3n) is 5.08. The zero-order valence-corrected chi connectivity index (χ0v) is 19.7. The van der Waals surface area contributed by atoms with Crippen LogP contribution in [-0.2, 0) is 13.1 Å². The minimum atomic E-state index is 0.394. The molecule has 0 atom stereocenters. The molecule has 33 heavy (non-hydrogen) atoms. The third kappa shape index (κ3) is 5.68. The van der Waals surface area contributed by atoms with Gasteiger partial charge in [-0.3, -0.25) is 0 Å². The standard InChI is InChI=1S/C24H29N3O6/c1-28-18-9-7-16(20(11-18)30-3)14-27(24-25-22(32-5)13-23(26-24)33-6)15-17-8-10-19(29-2)12-21(17)31-4/h7-13H,14-15H2,1-6H3. The highest BCUT2D eigenvalue weighted by atomic mass is 16.5. The number of anilines is 1. The SMILES string of the molecule is COc1ccc(CN(Cc2ccc(OC)cc2OC)c2nc(OC)cc(OC)n2)c(OC)c1. The van der Waals surface area contributed by atoms with Crippen LogP contribution in [0.15, 0.2) is 42.5 Å². The van der Waals surface area contributed by atoms with Gasteiger partial charge in [0.2, 0.25) is 17.7 Å². The summed E-state index contributed by atoms with van der Waals surface area (Å²) in [6, 6.07) is 13.0. The molecule has 0 amide bonds. The number of ether oxygens (including phenoxy) is 6. The number of methoxy groups -OCH3 is 6. The molecule has 0 radical (unpaired) electrons. The van der Waals surface area contributed by atoms with Gasteiger partial charge in [0.05, 0.1) is 48.7 Å². The van der Waals surface area contributed by atoms with Crippen molar-refractivity contribution in [3.63, 3.8) is 0 Å². The van der Waals surface area contributed by atoms with E-state index in [0.717, 1.165) is 11.1 Å². The Hall–Kier alpha value is -3.88. The summed E-state index contributed by atoms with van der Waals surface area (Å²) in [6.07, 6.45) is 0. The average Bonchev–Trinajstić information content (AvgIpc) is 2.87. The van der Waals surface area contributed by atoms with Crippen molar-refractivity contribution in [1.29, 1.82) is 0 Å². The van der Waals surface area contributed by atoms with E-state index in [0.29, 0.717) is 53.8 Å². The molecule has 3 aromatic rings. The Morgan fingerprint density at radius 2 is 1.03 bits per heavy atom. The molecule has 1 aromatic heterocycles. The van der Waals surface area contributed by atoms with E-state index in [1.165, 1.54) is 0 Å². The summed E-state index contributed by atoms with van der Waals surface area (Å²) in [5, 5.41) is 0. The van der Waals surface area contributed by atoms with Crippen LogP contribution in [0.1, 0.15) is 11.1 Å². The van der Waals surface area contributed by atoms with Crippen molar-refractivity contribution in [3.8, 4) is 34.8 Å². The van der Waals surface area contributed by atoms with E-state index in [-0.39, 0.29) is 0 Å². The van der Waals surface area contributed by atoms with Gasteiger partial charge in [-0.15, -0.1) is 0 Å². The summed E-state index contributed by atoms with van der Waals surface area (Å²) >= 11 is 0. The lowest BCUT2D eigenvalue weighted by Crippen LogP contribution is -2.25. The van der Waals surface area contributed by atoms with Crippen molar-refractivity contribution in [2.75, 3.05) is 47.6 Å². The van der Waals surface area contributed by atoms with E-state index in [1.54, 1.807) is 48.7 Å². The van der Waals surface area contributed by atoms with E-state index < -0.39 is 0 Å². The highest BCUT2D eigenvalue weighted by Gasteiger charge is 2.19. The second-order valence-corrected chi connectivity index (χ2v) is 6.96. The Kier molecular flexibility index (Phi) is 8.01. The number of hydrogen-bond acceptors (Lipinski definition) is 9. The Bertz CT molecular complexity index is 996. The van der Waals surface area contributed by atoms with Crippen LogP contribution in [0.5, 0.6) is 34.8 Å². The van der Waals surface area contributed by atoms with E-state index in [9.17, 15) is 0 Å². The summed E-state index contributed by atoms with van der Waals surface area (Å²) in [5.41, 5.74) is 1.85. The summed E-state index contributed by atoms with van der Waals surface area (Å²) in [6.45, 7) is 0.886. The van der Waals surface area contributed by atoms with Crippen LogP contribution < -0.4 is 33.3 Å². The molecular weight excluding hydrogens is 426 g/mol. The lowest BCUT2D eigenvalue weighted by molar-refractivity contribution is 0.371. The number of hydrogen-bond donors (Lipinski definition) is 0. The monoisotopic (exact) mass is 455 g/mol. The maximum Gasteiger partial charge on any atom is 0.232 e. The normalized spacial score (nSPS) is 10.4. The maximum atomic E-state index is 5.60. The lowest BCUT2D eigenvalue weighted by atomic mass is 10.1. The molecule has 0 N–H and O–H groups in total. The van der Waals surface area contributed by atoms with Crippen LogP contribution in [-0.4, -0.2) is 52.6 Å². The van der Waals surface area contributed by atoms with Crippen LogP contribution in [0.3, 0.4) is 0 Å². The molecule has 2 aromatic carbocycles. The molecule has 0 unspecified atom stereocenters. The van der Waals surface area contributed by atoms with Gasteiger partial charge >= 0.3 is 0 Å². The predicted octanol–water partition coefficient (Wildman–Crippen LogP) is 3.74. The minimum Gasteiger partial charge on any atom is -0.497 e. The average molecular weight is 456 g/mol. The largest absolute Gasteiger partial charge is 0.497 e. The van der Waals surface area contributed by atoms with Crippen molar-refractivity contribution in [2.24, 2.45) is 0 Å². The molecule has 176 valence electrons. The second kappa shape index (κ2) is 11.1. The summed E-state index contributed by atoms with van der Waals surface area (Å²) in [5.74, 6) is 4.01. The molecule has 0 aliphatic rings. The van der Waals surface area contributed by atoms with Crippen LogP contribution in [0, 0.1) is 0 Å². The molecule has 0 saturated heterocycles. The van der Waals surface area contributed by atoms with Gasteiger partial charge in [-0.25, -0.2) is 0 Å². The first-order chi connectivity index (χ1) is 16.0. The molecule has 0 spiro atoms. The molecule has 0 fully saturated rings. The summed E-state index contributed by atoms with van der Waals surface area (Å²) < 4.78 is 32.6. The van der Waals surface area contributed by atoms with Crippen molar-refractivity contribution < 1.29 is 28.4 Å². The van der Waals surface area contributed by atoms with Crippen LogP contribution >= 0.6 is 0 Å². The van der Waals surface area contributed by atoms with E-state index >= 15 is 0 Å². The minimum absolute atomic E-state index is 0.394. The van der Waals surface area contributed by atoms with Crippen LogP contribution in [0.25, 0.3) is 0 Å². The Balaban J connectivity index is 2.06. The first-order valence-electron chi connectivity index (χ1n) is 10.2. The van der Waals surface area contributed by atoms with Gasteiger partial charge in [-0.1, -0.05) is 0 Å². The third-order valence-corrected chi connectivity index (χ3v) is 5.08. The van der Waals surface area contributed by atoms with Gasteiger partial charge in [0.15, 0.2) is 0 Å². The van der Waals surface area contributed by atoms with Crippen molar-refractivity contribution in [2.45, 2.75) is 13.1 Å². The molecular formula is C24H29N3O6. The molecule has 0 bridgehead atoms. The first kappa shape index (κ1) is 23.8. The Morgan fingerprint density at radius 1 is 0.576 bits per heavy atom. The number of rotatable bonds is 11. The van der Waals surface area contributed by atoms with Gasteiger partial charge in [-0.05, 0) is 24.3 Å². The number of benzene rings is 2. The Morgan fingerprint density at radius 3 is 1.39 bits per heavy atom. The van der Waals surface area contributed by atoms with Gasteiger partial charge in [0.25, 0.3) is 0 Å². The molecule has 0 aliphatic carbocycles. The highest BCUT2D eigenvalue weighted by Crippen LogP contribution is 2.31.